The lowest BCUT2D eigenvalue weighted by molar-refractivity contribution is -0.113. The van der Waals surface area contributed by atoms with Gasteiger partial charge in [-0.25, -0.2) is 19.9 Å². The highest BCUT2D eigenvalue weighted by molar-refractivity contribution is 7.99. The SMILES string of the molecule is C[C@@H](c1ccccc1)n1c(SCC(=O)Nc2nccs2)nc2nccnc2c1=O. The zero-order valence-electron chi connectivity index (χ0n) is 15.3. The van der Waals surface area contributed by atoms with Gasteiger partial charge in [0.2, 0.25) is 5.91 Å². The number of thiazole rings is 1. The Morgan fingerprint density at radius 1 is 1.17 bits per heavy atom. The van der Waals surface area contributed by atoms with Crippen molar-refractivity contribution >= 4 is 45.3 Å². The second kappa shape index (κ2) is 8.50. The van der Waals surface area contributed by atoms with Gasteiger partial charge in [0.25, 0.3) is 5.56 Å². The van der Waals surface area contributed by atoms with Crippen LogP contribution in [0.5, 0.6) is 0 Å². The van der Waals surface area contributed by atoms with Crippen LogP contribution in [0.1, 0.15) is 18.5 Å². The van der Waals surface area contributed by atoms with Crippen molar-refractivity contribution in [1.29, 1.82) is 0 Å². The number of benzene rings is 1. The van der Waals surface area contributed by atoms with Crippen LogP contribution in [0.3, 0.4) is 0 Å². The highest BCUT2D eigenvalue weighted by Gasteiger charge is 2.20. The minimum absolute atomic E-state index is 0.0826. The fourth-order valence-electron chi connectivity index (χ4n) is 2.80. The first-order valence-corrected chi connectivity index (χ1v) is 10.6. The van der Waals surface area contributed by atoms with Crippen molar-refractivity contribution in [3.63, 3.8) is 0 Å². The summed E-state index contributed by atoms with van der Waals surface area (Å²) < 4.78 is 1.56. The first-order chi connectivity index (χ1) is 14.1. The van der Waals surface area contributed by atoms with Gasteiger partial charge in [0.15, 0.2) is 21.5 Å². The van der Waals surface area contributed by atoms with E-state index in [1.165, 1.54) is 35.5 Å². The molecule has 0 aliphatic heterocycles. The molecule has 0 bridgehead atoms. The number of hydrogen-bond acceptors (Lipinski definition) is 8. The van der Waals surface area contributed by atoms with E-state index in [9.17, 15) is 9.59 Å². The third-order valence-corrected chi connectivity index (χ3v) is 5.83. The van der Waals surface area contributed by atoms with Gasteiger partial charge < -0.3 is 5.32 Å². The van der Waals surface area contributed by atoms with Crippen molar-refractivity contribution in [2.75, 3.05) is 11.1 Å². The number of nitrogens with one attached hydrogen (secondary N) is 1. The number of rotatable bonds is 6. The van der Waals surface area contributed by atoms with Gasteiger partial charge in [-0.1, -0.05) is 42.1 Å². The number of fused-ring (bicyclic) bond motifs is 1. The van der Waals surface area contributed by atoms with Crippen molar-refractivity contribution < 1.29 is 4.79 Å². The number of thioether (sulfide) groups is 1. The van der Waals surface area contributed by atoms with Crippen LogP contribution in [-0.2, 0) is 4.79 Å². The zero-order chi connectivity index (χ0) is 20.2. The van der Waals surface area contributed by atoms with Crippen LogP contribution in [0.25, 0.3) is 11.2 Å². The molecule has 146 valence electrons. The van der Waals surface area contributed by atoms with E-state index in [-0.39, 0.29) is 34.4 Å². The van der Waals surface area contributed by atoms with E-state index in [2.05, 4.69) is 25.3 Å². The maximum absolute atomic E-state index is 13.2. The number of nitrogens with zero attached hydrogens (tertiary/aromatic N) is 5. The molecule has 1 atom stereocenters. The Hall–Kier alpha value is -3.11. The summed E-state index contributed by atoms with van der Waals surface area (Å²) in [5, 5.41) is 5.45. The van der Waals surface area contributed by atoms with Crippen LogP contribution in [0, 0.1) is 0 Å². The van der Waals surface area contributed by atoms with Gasteiger partial charge >= 0.3 is 0 Å². The van der Waals surface area contributed by atoms with E-state index in [0.29, 0.717) is 10.3 Å². The van der Waals surface area contributed by atoms with Crippen molar-refractivity contribution in [2.24, 2.45) is 0 Å². The van der Waals surface area contributed by atoms with E-state index >= 15 is 0 Å². The smallest absolute Gasteiger partial charge is 0.282 e. The predicted molar refractivity (Wildman–Crippen MR) is 113 cm³/mol. The molecule has 4 aromatic rings. The molecule has 3 heterocycles. The van der Waals surface area contributed by atoms with Gasteiger partial charge in [0, 0.05) is 24.0 Å². The molecule has 0 spiro atoms. The van der Waals surface area contributed by atoms with E-state index in [0.717, 1.165) is 5.56 Å². The molecule has 3 aromatic heterocycles. The summed E-state index contributed by atoms with van der Waals surface area (Å²) in [6.45, 7) is 1.92. The fourth-order valence-corrected chi connectivity index (χ4v) is 4.21. The Morgan fingerprint density at radius 2 is 1.97 bits per heavy atom. The topological polar surface area (TPSA) is 103 Å². The number of aromatic nitrogens is 5. The molecule has 0 radical (unpaired) electrons. The molecular formula is C19H16N6O2S2. The Bertz CT molecular complexity index is 1190. The van der Waals surface area contributed by atoms with Gasteiger partial charge in [0.05, 0.1) is 11.8 Å². The molecule has 1 amide bonds. The first-order valence-electron chi connectivity index (χ1n) is 8.74. The Labute approximate surface area is 174 Å². The van der Waals surface area contributed by atoms with Gasteiger partial charge in [0.1, 0.15) is 0 Å². The van der Waals surface area contributed by atoms with Crippen LogP contribution in [0.2, 0.25) is 0 Å². The summed E-state index contributed by atoms with van der Waals surface area (Å²) in [7, 11) is 0. The lowest BCUT2D eigenvalue weighted by atomic mass is 10.1. The van der Waals surface area contributed by atoms with Crippen molar-refractivity contribution in [1.82, 2.24) is 24.5 Å². The second-order valence-corrected chi connectivity index (χ2v) is 7.90. The molecule has 1 aromatic carbocycles. The maximum Gasteiger partial charge on any atom is 0.282 e. The quantitative estimate of drug-likeness (QED) is 0.375. The van der Waals surface area contributed by atoms with Gasteiger partial charge in [-0.2, -0.15) is 0 Å². The van der Waals surface area contributed by atoms with E-state index in [1.54, 1.807) is 16.1 Å². The van der Waals surface area contributed by atoms with Gasteiger partial charge in [-0.3, -0.25) is 14.2 Å². The number of anilines is 1. The van der Waals surface area contributed by atoms with Crippen molar-refractivity contribution in [2.45, 2.75) is 18.1 Å². The summed E-state index contributed by atoms with van der Waals surface area (Å²) in [5.74, 6) is -0.142. The molecule has 0 unspecified atom stereocenters. The number of amides is 1. The lowest BCUT2D eigenvalue weighted by Crippen LogP contribution is -2.28. The third kappa shape index (κ3) is 4.17. The Morgan fingerprint density at radius 3 is 2.72 bits per heavy atom. The van der Waals surface area contributed by atoms with Crippen molar-refractivity contribution in [3.05, 3.63) is 70.2 Å². The second-order valence-electron chi connectivity index (χ2n) is 6.06. The molecule has 29 heavy (non-hydrogen) atoms. The molecule has 0 saturated heterocycles. The van der Waals surface area contributed by atoms with Crippen LogP contribution < -0.4 is 10.9 Å². The maximum atomic E-state index is 13.2. The van der Waals surface area contributed by atoms with Crippen LogP contribution in [-0.4, -0.2) is 36.2 Å². The van der Waals surface area contributed by atoms with Crippen molar-refractivity contribution in [3.8, 4) is 0 Å². The molecule has 10 heteroatoms. The molecule has 4 rings (SSSR count). The molecule has 8 nitrogen and oxygen atoms in total. The molecule has 0 saturated carbocycles. The molecule has 0 aliphatic carbocycles. The molecular weight excluding hydrogens is 408 g/mol. The minimum Gasteiger partial charge on any atom is -0.301 e. The standard InChI is InChI=1S/C19H16N6O2S2/c1-12(13-5-3-2-4-6-13)25-17(27)15-16(21-8-7-20-15)24-19(25)29-11-14(26)23-18-22-9-10-28-18/h2-10,12H,11H2,1H3,(H,22,23,26)/t12-/m0/s1. The summed E-state index contributed by atoms with van der Waals surface area (Å²) in [6, 6.07) is 9.36. The van der Waals surface area contributed by atoms with Crippen LogP contribution in [0.4, 0.5) is 5.13 Å². The monoisotopic (exact) mass is 424 g/mol. The Balaban J connectivity index is 1.69. The Kier molecular flexibility index (Phi) is 5.63. The van der Waals surface area contributed by atoms with Crippen LogP contribution in [0.15, 0.2) is 64.3 Å². The molecule has 1 N–H and O–H groups in total. The zero-order valence-corrected chi connectivity index (χ0v) is 17.0. The number of carbonyl (C=O) groups is 1. The van der Waals surface area contributed by atoms with Gasteiger partial charge in [-0.15, -0.1) is 11.3 Å². The third-order valence-electron chi connectivity index (χ3n) is 4.19. The summed E-state index contributed by atoms with van der Waals surface area (Å²) in [6.07, 6.45) is 4.58. The highest BCUT2D eigenvalue weighted by Crippen LogP contribution is 2.24. The van der Waals surface area contributed by atoms with E-state index in [1.807, 2.05) is 37.3 Å². The average molecular weight is 425 g/mol. The minimum atomic E-state index is -0.290. The number of hydrogen-bond donors (Lipinski definition) is 1. The van der Waals surface area contributed by atoms with Gasteiger partial charge in [-0.05, 0) is 12.5 Å². The average Bonchev–Trinajstić information content (AvgIpc) is 3.25. The first kappa shape index (κ1) is 19.2. The largest absolute Gasteiger partial charge is 0.301 e. The highest BCUT2D eigenvalue weighted by atomic mass is 32.2. The molecule has 0 aliphatic rings. The van der Waals surface area contributed by atoms with Crippen LogP contribution >= 0.6 is 23.1 Å². The lowest BCUT2D eigenvalue weighted by Gasteiger charge is -2.19. The number of carbonyl (C=O) groups excluding carboxylic acids is 1. The van der Waals surface area contributed by atoms with E-state index in [4.69, 9.17) is 0 Å². The summed E-state index contributed by atoms with van der Waals surface area (Å²) >= 11 is 2.52. The summed E-state index contributed by atoms with van der Waals surface area (Å²) in [5.41, 5.74) is 1.12. The van der Waals surface area contributed by atoms with E-state index < -0.39 is 0 Å². The predicted octanol–water partition coefficient (Wildman–Crippen LogP) is 2.98. The summed E-state index contributed by atoms with van der Waals surface area (Å²) in [4.78, 5) is 42.3. The fraction of sp³-hybridized carbons (Fsp3) is 0.158. The normalized spacial score (nSPS) is 12.0. The molecule has 0 fully saturated rings.